The quantitative estimate of drug-likeness (QED) is 0.697. The first kappa shape index (κ1) is 21.4. The van der Waals surface area contributed by atoms with Gasteiger partial charge < -0.3 is 9.42 Å². The van der Waals surface area contributed by atoms with E-state index >= 15 is 0 Å². The Morgan fingerprint density at radius 3 is 2.34 bits per heavy atom. The number of rotatable bonds is 6. The minimum Gasteiger partial charge on any atom is -0.360 e. The van der Waals surface area contributed by atoms with Gasteiger partial charge in [-0.25, -0.2) is 12.8 Å². The highest BCUT2D eigenvalue weighted by Crippen LogP contribution is 2.24. The molecule has 8 nitrogen and oxygen atoms in total. The van der Waals surface area contributed by atoms with E-state index in [2.05, 4.69) is 5.16 Å². The van der Waals surface area contributed by atoms with Crippen molar-refractivity contribution in [1.29, 1.82) is 0 Å². The predicted molar refractivity (Wildman–Crippen MR) is 104 cm³/mol. The molecular weight excluding hydrogens is 399 g/mol. The summed E-state index contributed by atoms with van der Waals surface area (Å²) in [4.78, 5) is 16.1. The molecule has 1 amide bonds. The van der Waals surface area contributed by atoms with Gasteiger partial charge in [0.15, 0.2) is 5.76 Å². The molecule has 0 saturated carbocycles. The number of hydrogen-bond acceptors (Lipinski definition) is 6. The number of piperazine rings is 1. The third kappa shape index (κ3) is 4.82. The molecule has 0 spiro atoms. The van der Waals surface area contributed by atoms with Crippen LogP contribution in [0.2, 0.25) is 0 Å². The molecule has 0 bridgehead atoms. The molecule has 0 radical (unpaired) electrons. The Morgan fingerprint density at radius 1 is 1.17 bits per heavy atom. The lowest BCUT2D eigenvalue weighted by atomic mass is 10.2. The van der Waals surface area contributed by atoms with Gasteiger partial charge in [-0.2, -0.15) is 4.31 Å². The van der Waals surface area contributed by atoms with Crippen molar-refractivity contribution in [2.75, 3.05) is 39.8 Å². The highest BCUT2D eigenvalue weighted by Gasteiger charge is 2.33. The molecule has 0 unspecified atom stereocenters. The molecule has 0 aliphatic carbocycles. The zero-order valence-electron chi connectivity index (χ0n) is 16.8. The van der Waals surface area contributed by atoms with Crippen LogP contribution in [0.3, 0.4) is 0 Å². The molecule has 1 aromatic heterocycles. The number of amides is 1. The summed E-state index contributed by atoms with van der Waals surface area (Å²) in [6.45, 7) is 5.28. The molecule has 1 saturated heterocycles. The van der Waals surface area contributed by atoms with Crippen molar-refractivity contribution in [3.63, 3.8) is 0 Å². The molecule has 1 aliphatic rings. The lowest BCUT2D eigenvalue weighted by molar-refractivity contribution is -0.131. The van der Waals surface area contributed by atoms with Crippen LogP contribution in [0, 0.1) is 19.7 Å². The monoisotopic (exact) mass is 424 g/mol. The Bertz CT molecular complexity index is 947. The lowest BCUT2D eigenvalue weighted by Crippen LogP contribution is -2.51. The van der Waals surface area contributed by atoms with E-state index < -0.39 is 10.0 Å². The Kier molecular flexibility index (Phi) is 6.35. The fraction of sp³-hybridized carbons (Fsp3) is 0.474. The van der Waals surface area contributed by atoms with Gasteiger partial charge in [0.1, 0.15) is 16.4 Å². The van der Waals surface area contributed by atoms with Crippen molar-refractivity contribution >= 4 is 15.9 Å². The van der Waals surface area contributed by atoms with Crippen LogP contribution in [0.25, 0.3) is 0 Å². The average Bonchev–Trinajstić information content (AvgIpc) is 3.03. The van der Waals surface area contributed by atoms with E-state index in [0.717, 1.165) is 5.56 Å². The number of aromatic nitrogens is 1. The minimum absolute atomic E-state index is 0.0728. The van der Waals surface area contributed by atoms with Crippen molar-refractivity contribution in [2.24, 2.45) is 0 Å². The number of sulfonamides is 1. The van der Waals surface area contributed by atoms with Gasteiger partial charge in [-0.15, -0.1) is 0 Å². The van der Waals surface area contributed by atoms with Gasteiger partial charge in [0, 0.05) is 39.8 Å². The molecule has 10 heteroatoms. The normalized spacial score (nSPS) is 16.1. The number of nitrogens with zero attached hydrogens (tertiary/aromatic N) is 4. The van der Waals surface area contributed by atoms with Crippen molar-refractivity contribution in [1.82, 2.24) is 19.3 Å². The summed E-state index contributed by atoms with van der Waals surface area (Å²) in [6, 6.07) is 6.04. The van der Waals surface area contributed by atoms with Crippen LogP contribution >= 0.6 is 0 Å². The summed E-state index contributed by atoms with van der Waals surface area (Å²) < 4.78 is 45.1. The fourth-order valence-corrected chi connectivity index (χ4v) is 5.08. The second-order valence-electron chi connectivity index (χ2n) is 7.21. The molecule has 0 N–H and O–H groups in total. The van der Waals surface area contributed by atoms with Crippen molar-refractivity contribution in [3.8, 4) is 0 Å². The van der Waals surface area contributed by atoms with E-state index in [9.17, 15) is 17.6 Å². The Hall–Kier alpha value is -2.30. The molecule has 1 aliphatic heterocycles. The van der Waals surface area contributed by atoms with Crippen LogP contribution in [-0.2, 0) is 21.4 Å². The van der Waals surface area contributed by atoms with Crippen LogP contribution in [0.4, 0.5) is 4.39 Å². The van der Waals surface area contributed by atoms with Gasteiger partial charge in [0.2, 0.25) is 15.9 Å². The van der Waals surface area contributed by atoms with Crippen LogP contribution in [-0.4, -0.2) is 73.4 Å². The van der Waals surface area contributed by atoms with Gasteiger partial charge in [0.05, 0.1) is 6.54 Å². The van der Waals surface area contributed by atoms with Crippen LogP contribution in [0.5, 0.6) is 0 Å². The zero-order valence-corrected chi connectivity index (χ0v) is 17.6. The lowest BCUT2D eigenvalue weighted by Gasteiger charge is -2.34. The van der Waals surface area contributed by atoms with E-state index in [1.54, 1.807) is 37.9 Å². The maximum Gasteiger partial charge on any atom is 0.248 e. The number of aryl methyl sites for hydroxylation is 2. The number of hydrogen-bond donors (Lipinski definition) is 0. The summed E-state index contributed by atoms with van der Waals surface area (Å²) in [6.07, 6.45) is 0. The average molecular weight is 424 g/mol. The molecular formula is C19H25FN4O4S. The number of carbonyl (C=O) groups excluding carboxylic acids is 1. The van der Waals surface area contributed by atoms with E-state index in [-0.39, 0.29) is 28.9 Å². The summed E-state index contributed by atoms with van der Waals surface area (Å²) in [7, 11) is -1.97. The summed E-state index contributed by atoms with van der Waals surface area (Å²) in [5.41, 5.74) is 1.19. The van der Waals surface area contributed by atoms with Gasteiger partial charge in [0.25, 0.3) is 0 Å². The maximum atomic E-state index is 13.0. The molecule has 2 aromatic rings. The van der Waals surface area contributed by atoms with Gasteiger partial charge in [-0.05, 0) is 31.5 Å². The Morgan fingerprint density at radius 2 is 1.79 bits per heavy atom. The van der Waals surface area contributed by atoms with Crippen LogP contribution < -0.4 is 0 Å². The number of carbonyl (C=O) groups is 1. The molecule has 1 fully saturated rings. The van der Waals surface area contributed by atoms with Crippen molar-refractivity contribution in [3.05, 3.63) is 47.1 Å². The SMILES string of the molecule is Cc1noc(C)c1S(=O)(=O)N1CCN(CC(=O)N(C)Cc2ccc(F)cc2)CC1. The molecule has 158 valence electrons. The first-order valence-electron chi connectivity index (χ1n) is 9.32. The summed E-state index contributed by atoms with van der Waals surface area (Å²) in [5, 5.41) is 3.73. The highest BCUT2D eigenvalue weighted by molar-refractivity contribution is 7.89. The zero-order chi connectivity index (χ0) is 21.2. The van der Waals surface area contributed by atoms with Crippen LogP contribution in [0.15, 0.2) is 33.7 Å². The molecule has 2 heterocycles. The predicted octanol–water partition coefficient (Wildman–Crippen LogP) is 1.40. The number of benzene rings is 1. The van der Waals surface area contributed by atoms with Gasteiger partial charge in [-0.3, -0.25) is 9.69 Å². The summed E-state index contributed by atoms with van der Waals surface area (Å²) >= 11 is 0. The second-order valence-corrected chi connectivity index (χ2v) is 9.08. The van der Waals surface area contributed by atoms with Crippen molar-refractivity contribution < 1.29 is 22.1 Å². The number of likely N-dealkylation sites (N-methyl/N-ethyl adjacent to an activating group) is 1. The standard InChI is InChI=1S/C19H25FN4O4S/c1-14-19(15(2)28-21-14)29(26,27)24-10-8-23(9-11-24)13-18(25)22(3)12-16-4-6-17(20)7-5-16/h4-7H,8-13H2,1-3H3. The topological polar surface area (TPSA) is 87.0 Å². The van der Waals surface area contributed by atoms with E-state index in [1.807, 2.05) is 4.90 Å². The first-order valence-corrected chi connectivity index (χ1v) is 10.8. The van der Waals surface area contributed by atoms with Crippen molar-refractivity contribution in [2.45, 2.75) is 25.3 Å². The first-order chi connectivity index (χ1) is 13.7. The van der Waals surface area contributed by atoms with Gasteiger partial charge in [-0.1, -0.05) is 17.3 Å². The largest absolute Gasteiger partial charge is 0.360 e. The Labute approximate surface area is 169 Å². The fourth-order valence-electron chi connectivity index (χ4n) is 3.36. The molecule has 3 rings (SSSR count). The van der Waals surface area contributed by atoms with Gasteiger partial charge >= 0.3 is 0 Å². The molecule has 1 aromatic carbocycles. The molecule has 0 atom stereocenters. The maximum absolute atomic E-state index is 13.0. The van der Waals surface area contributed by atoms with Crippen LogP contribution in [0.1, 0.15) is 17.0 Å². The smallest absolute Gasteiger partial charge is 0.248 e. The summed E-state index contributed by atoms with van der Waals surface area (Å²) in [5.74, 6) is -0.106. The Balaban J connectivity index is 1.54. The molecule has 29 heavy (non-hydrogen) atoms. The van der Waals surface area contributed by atoms with E-state index in [1.165, 1.54) is 16.4 Å². The second kappa shape index (κ2) is 8.60. The minimum atomic E-state index is -3.67. The van der Waals surface area contributed by atoms with E-state index in [0.29, 0.717) is 38.4 Å². The third-order valence-corrected chi connectivity index (χ3v) is 7.16. The highest BCUT2D eigenvalue weighted by atomic mass is 32.2. The van der Waals surface area contributed by atoms with E-state index in [4.69, 9.17) is 4.52 Å². The third-order valence-electron chi connectivity index (χ3n) is 5.01. The number of halogens is 1.